The van der Waals surface area contributed by atoms with Crippen LogP contribution in [0.25, 0.3) is 44.3 Å². The summed E-state index contributed by atoms with van der Waals surface area (Å²) in [5.41, 5.74) is 5.73. The summed E-state index contributed by atoms with van der Waals surface area (Å²) in [6.07, 6.45) is 9.97. The van der Waals surface area contributed by atoms with Crippen molar-refractivity contribution in [2.24, 2.45) is 34.5 Å². The van der Waals surface area contributed by atoms with Crippen molar-refractivity contribution in [1.82, 2.24) is 19.8 Å². The molecule has 4 saturated carbocycles. The van der Waals surface area contributed by atoms with E-state index in [-0.39, 0.29) is 111 Å². The molecule has 2 aromatic heterocycles. The highest BCUT2D eigenvalue weighted by Crippen LogP contribution is 2.74. The third-order valence-corrected chi connectivity index (χ3v) is 28.7. The van der Waals surface area contributed by atoms with Crippen molar-refractivity contribution in [2.75, 3.05) is 26.9 Å². The molecule has 109 heavy (non-hydrogen) atoms. The first-order valence-electron chi connectivity index (χ1n) is 38.6. The third-order valence-electron chi connectivity index (χ3n) is 23.5. The van der Waals surface area contributed by atoms with Gasteiger partial charge in [-0.15, -0.1) is 13.2 Å². The number of hydrogen-bond acceptors (Lipinski definition) is 16. The van der Waals surface area contributed by atoms with E-state index in [1.165, 1.54) is 12.0 Å². The van der Waals surface area contributed by atoms with Gasteiger partial charge >= 0.3 is 19.5 Å². The number of aryl methyl sites for hydroxylation is 2. The number of likely N-dealkylation sites (tertiary alicyclic amines) is 2. The number of carbonyl (C=O) groups is 6. The Balaban J connectivity index is 0.000000204. The molecule has 19 nitrogen and oxygen atoms in total. The van der Waals surface area contributed by atoms with E-state index in [2.05, 4.69) is 13.2 Å². The number of benzene rings is 5. The molecule has 5 aromatic carbocycles. The second-order valence-corrected chi connectivity index (χ2v) is 38.4. The van der Waals surface area contributed by atoms with Crippen LogP contribution in [-0.4, -0.2) is 134 Å². The highest BCUT2D eigenvalue weighted by molar-refractivity contribution is 7.60. The standard InChI is InChI=1S/C46H53N2O8P.C42H53N2O7P/c1-6-32-27-46(32,57(52,53)56-34-19-11-8-12-20-34)28-41(49)40-24-35(29-48(40)44(51)37(45(3,4)5)25-43(50)55-33-17-13-14-18-33)54-42-26-38(31-15-9-7-10-16-31)47-39-23-30(2)21-22-36(39)42;1-8-29-24-42(29,52(7,48)49-6)25-37(45)36-21-31(26-44(36)40(47)33(41(3,4)5)22-39(46)51-30-16-12-13-17-30)50-38-23-34(28-14-10-9-11-15-28)43-35-20-27(2)18-19-32(35)38/h6-12,15-16,19-23,26,32-33,35,37,40H,1,13-14,17-18,24-25,27-29H2,2-5H3,(H,52,53);8-11,14-15,18-20,23,29-31,33,36H,1,12-13,16-17,21-22,24-26H2,2-7H3/t32?,35-,37-,40+,46?;29-,31-,33-,36+,42-,52?/m11/s1. The first-order valence-corrected chi connectivity index (χ1v) is 42.3. The summed E-state index contributed by atoms with van der Waals surface area (Å²) < 4.78 is 64.2. The first kappa shape index (κ1) is 79.9. The van der Waals surface area contributed by atoms with Gasteiger partial charge in [0.2, 0.25) is 19.2 Å². The number of para-hydroxylation sites is 1. The van der Waals surface area contributed by atoms with Crippen LogP contribution in [0.1, 0.15) is 155 Å². The lowest BCUT2D eigenvalue weighted by molar-refractivity contribution is -0.156. The van der Waals surface area contributed by atoms with Crippen LogP contribution in [0.3, 0.4) is 0 Å². The number of ether oxygens (including phenoxy) is 4. The zero-order chi connectivity index (χ0) is 78.0. The van der Waals surface area contributed by atoms with Gasteiger partial charge in [-0.2, -0.15) is 0 Å². The number of rotatable bonds is 27. The van der Waals surface area contributed by atoms with Gasteiger partial charge in [0.1, 0.15) is 41.7 Å². The van der Waals surface area contributed by atoms with Gasteiger partial charge in [0, 0.05) is 73.5 Å². The number of nitrogens with zero attached hydrogens (tertiary/aromatic N) is 4. The maximum atomic E-state index is 14.9. The molecule has 13 rings (SSSR count). The molecule has 7 aromatic rings. The Morgan fingerprint density at radius 2 is 0.945 bits per heavy atom. The van der Waals surface area contributed by atoms with Gasteiger partial charge in [0.25, 0.3) is 0 Å². The van der Waals surface area contributed by atoms with E-state index in [1.54, 1.807) is 54.0 Å². The lowest BCUT2D eigenvalue weighted by Crippen LogP contribution is -2.48. The number of fused-ring (bicyclic) bond motifs is 2. The molecule has 0 spiro atoms. The van der Waals surface area contributed by atoms with Crippen molar-refractivity contribution >= 4 is 72.1 Å². The molecule has 2 saturated heterocycles. The van der Waals surface area contributed by atoms with E-state index < -0.39 is 84.1 Å². The first-order chi connectivity index (χ1) is 51.8. The summed E-state index contributed by atoms with van der Waals surface area (Å²) >= 11 is 0. The number of aromatic nitrogens is 2. The highest BCUT2D eigenvalue weighted by atomic mass is 31.2. The SMILES string of the molecule is C=CC1CC1(CC(=O)[C@@H]1C[C@@H](Oc2cc(-c3ccccc3)nc3cc(C)ccc23)CN1C(=O)[C@@H](CC(=O)OC1CCCC1)C(C)(C)C)P(=O)(O)Oc1ccccc1.C=C[C@@H]1C[C@]1(CC(=O)[C@@H]1C[C@@H](Oc2cc(-c3ccccc3)nc3cc(C)ccc23)CN1C(=O)[C@@H](CC(=O)OC1CCCC1)C(C)(C)C)P(C)(=O)OC. The maximum absolute atomic E-state index is 14.9. The summed E-state index contributed by atoms with van der Waals surface area (Å²) in [7, 11) is -6.19. The van der Waals surface area contributed by atoms with E-state index in [1.807, 2.05) is 165 Å². The van der Waals surface area contributed by atoms with E-state index in [0.29, 0.717) is 17.9 Å². The van der Waals surface area contributed by atoms with Crippen LogP contribution in [-0.2, 0) is 51.9 Å². The molecule has 21 heteroatoms. The molecule has 4 aliphatic carbocycles. The topological polar surface area (TPSA) is 244 Å². The molecule has 2 aliphatic heterocycles. The van der Waals surface area contributed by atoms with E-state index in [0.717, 1.165) is 107 Å². The molecule has 578 valence electrons. The minimum atomic E-state index is -4.43. The summed E-state index contributed by atoms with van der Waals surface area (Å²) in [4.78, 5) is 110. The summed E-state index contributed by atoms with van der Waals surface area (Å²) in [5.74, 6) is -2.68. The third kappa shape index (κ3) is 17.9. The fraction of sp³-hybridized carbons (Fsp3) is 0.477. The number of carbonyl (C=O) groups excluding carboxylic acids is 6. The second kappa shape index (κ2) is 32.8. The number of Topliss-reactive ketones (excluding diaryl/α,β-unsaturated/α-hetero) is 2. The number of hydrogen-bond donors (Lipinski definition) is 1. The van der Waals surface area contributed by atoms with Gasteiger partial charge in [-0.1, -0.05) is 145 Å². The largest absolute Gasteiger partial charge is 0.488 e. The predicted octanol–water partition coefficient (Wildman–Crippen LogP) is 17.8. The molecular weight excluding hydrogens is 1410 g/mol. The Bertz CT molecular complexity index is 4640. The van der Waals surface area contributed by atoms with Gasteiger partial charge in [0.15, 0.2) is 11.6 Å². The molecular formula is C88H106N4O15P2. The van der Waals surface area contributed by atoms with Crippen molar-refractivity contribution in [2.45, 2.75) is 205 Å². The fourth-order valence-corrected chi connectivity index (χ4v) is 20.7. The maximum Gasteiger partial charge on any atom is 0.383 e. The number of amides is 2. The van der Waals surface area contributed by atoms with Gasteiger partial charge in [-0.25, -0.2) is 14.5 Å². The predicted molar refractivity (Wildman–Crippen MR) is 423 cm³/mol. The molecule has 6 aliphatic rings. The fourth-order valence-electron chi connectivity index (χ4n) is 16.7. The zero-order valence-electron chi connectivity index (χ0n) is 64.7. The number of ketones is 2. The zero-order valence-corrected chi connectivity index (χ0v) is 66.5. The highest BCUT2D eigenvalue weighted by Gasteiger charge is 2.68. The van der Waals surface area contributed by atoms with Crippen LogP contribution in [0.4, 0.5) is 0 Å². The van der Waals surface area contributed by atoms with Crippen molar-refractivity contribution in [3.63, 3.8) is 0 Å². The van der Waals surface area contributed by atoms with Crippen molar-refractivity contribution in [3.8, 4) is 39.8 Å². The average Bonchev–Trinajstić information content (AvgIpc) is 1.56. The van der Waals surface area contributed by atoms with Crippen LogP contribution >= 0.6 is 15.0 Å². The number of pyridine rings is 2. The monoisotopic (exact) mass is 1520 g/mol. The smallest absolute Gasteiger partial charge is 0.383 e. The quantitative estimate of drug-likeness (QED) is 0.0286. The Morgan fingerprint density at radius 3 is 1.32 bits per heavy atom. The Morgan fingerprint density at radius 1 is 0.560 bits per heavy atom. The average molecular weight is 1520 g/mol. The Hall–Kier alpha value is -8.60. The van der Waals surface area contributed by atoms with Crippen LogP contribution in [0, 0.1) is 48.3 Å². The summed E-state index contributed by atoms with van der Waals surface area (Å²) in [6.45, 7) is 25.2. The molecule has 6 fully saturated rings. The lowest BCUT2D eigenvalue weighted by Gasteiger charge is -2.35. The minimum absolute atomic E-state index is 0.00794. The van der Waals surface area contributed by atoms with Gasteiger partial charge in [0.05, 0.1) is 82.6 Å². The van der Waals surface area contributed by atoms with E-state index in [4.69, 9.17) is 38.0 Å². The van der Waals surface area contributed by atoms with E-state index >= 15 is 0 Å². The summed E-state index contributed by atoms with van der Waals surface area (Å²) in [6, 6.07) is 42.0. The van der Waals surface area contributed by atoms with Gasteiger partial charge in [-0.05, 0) is 148 Å². The van der Waals surface area contributed by atoms with E-state index in [9.17, 15) is 42.8 Å². The molecule has 1 N–H and O–H groups in total. The second-order valence-electron chi connectivity index (χ2n) is 33.3. The van der Waals surface area contributed by atoms with Crippen LogP contribution in [0.15, 0.2) is 165 Å². The molecule has 0 bridgehead atoms. The summed E-state index contributed by atoms with van der Waals surface area (Å²) in [5, 5.41) is -0.627. The number of allylic oxidation sites excluding steroid dienone is 2. The molecule has 12 atom stereocenters. The van der Waals surface area contributed by atoms with Crippen molar-refractivity contribution in [1.29, 1.82) is 0 Å². The van der Waals surface area contributed by atoms with Crippen molar-refractivity contribution in [3.05, 3.63) is 176 Å². The van der Waals surface area contributed by atoms with Gasteiger partial charge in [-0.3, -0.25) is 33.3 Å². The van der Waals surface area contributed by atoms with Crippen LogP contribution in [0.5, 0.6) is 17.2 Å². The van der Waals surface area contributed by atoms with Crippen LogP contribution in [0.2, 0.25) is 0 Å². The molecule has 4 unspecified atom stereocenters. The Labute approximate surface area is 641 Å². The van der Waals surface area contributed by atoms with Gasteiger partial charge < -0.3 is 42.7 Å². The van der Waals surface area contributed by atoms with Crippen LogP contribution < -0.4 is 14.0 Å². The molecule has 0 radical (unpaired) electrons. The normalized spacial score (nSPS) is 24.4. The minimum Gasteiger partial charge on any atom is -0.488 e. The van der Waals surface area contributed by atoms with Crippen molar-refractivity contribution < 1.29 is 70.8 Å². The lowest BCUT2D eigenvalue weighted by atomic mass is 9.77. The molecule has 2 amide bonds. The molecule has 4 heterocycles. The number of esters is 2. The Kier molecular flexibility index (Phi) is 24.0.